The number of nitrogens with zero attached hydrogens (tertiary/aromatic N) is 8. The van der Waals surface area contributed by atoms with E-state index in [0.717, 1.165) is 58.6 Å². The minimum absolute atomic E-state index is 0.748. The average Bonchev–Trinajstić information content (AvgIpc) is 3.60. The van der Waals surface area contributed by atoms with Gasteiger partial charge in [0.2, 0.25) is 6.41 Å². The number of aromatic nitrogens is 6. The van der Waals surface area contributed by atoms with Crippen molar-refractivity contribution in [2.45, 2.75) is 46.2 Å². The Balaban J connectivity index is 0.000000527. The van der Waals surface area contributed by atoms with Crippen LogP contribution in [0.3, 0.4) is 0 Å². The fourth-order valence-electron chi connectivity index (χ4n) is 3.98. The fourth-order valence-corrected chi connectivity index (χ4v) is 4.64. The molecule has 1 fully saturated rings. The van der Waals surface area contributed by atoms with Crippen LogP contribution >= 0.6 is 11.5 Å². The summed E-state index contributed by atoms with van der Waals surface area (Å²) >= 11 is 1.48. The number of hydrogen-bond donors (Lipinski definition) is 1. The number of piperidine rings is 1. The Morgan fingerprint density at radius 1 is 1.17 bits per heavy atom. The van der Waals surface area contributed by atoms with E-state index in [1.165, 1.54) is 48.8 Å². The molecule has 1 aliphatic rings. The Bertz CT molecular complexity index is 1250. The number of nitrogens with one attached hydrogen (secondary N) is 1. The first-order valence-corrected chi connectivity index (χ1v) is 12.7. The van der Waals surface area contributed by atoms with Gasteiger partial charge in [-0.25, -0.2) is 9.97 Å². The van der Waals surface area contributed by atoms with Crippen molar-refractivity contribution in [1.82, 2.24) is 38.3 Å². The van der Waals surface area contributed by atoms with Crippen molar-refractivity contribution in [1.29, 1.82) is 0 Å². The molecule has 0 aliphatic carbocycles. The van der Waals surface area contributed by atoms with Gasteiger partial charge in [0, 0.05) is 45.1 Å². The highest BCUT2D eigenvalue weighted by atomic mass is 32.1. The quantitative estimate of drug-likeness (QED) is 0.390. The molecule has 1 N–H and O–H groups in total. The molecule has 5 heterocycles. The topological polar surface area (TPSA) is 96.5 Å². The summed E-state index contributed by atoms with van der Waals surface area (Å²) in [6, 6.07) is 2.13. The van der Waals surface area contributed by atoms with Crippen LogP contribution in [-0.2, 0) is 17.9 Å². The molecular weight excluding hydrogens is 462 g/mol. The monoisotopic (exact) mass is 495 g/mol. The van der Waals surface area contributed by atoms with Crippen molar-refractivity contribution in [2.75, 3.05) is 32.5 Å². The summed E-state index contributed by atoms with van der Waals surface area (Å²) in [4.78, 5) is 22.7. The van der Waals surface area contributed by atoms with E-state index in [2.05, 4.69) is 42.1 Å². The van der Waals surface area contributed by atoms with Crippen LogP contribution in [0.1, 0.15) is 37.6 Å². The third-order valence-electron chi connectivity index (χ3n) is 5.71. The second-order valence-corrected chi connectivity index (χ2v) is 9.67. The van der Waals surface area contributed by atoms with Gasteiger partial charge in [-0.3, -0.25) is 18.8 Å². The zero-order chi connectivity index (χ0) is 24.8. The second kappa shape index (κ2) is 11.4. The Labute approximate surface area is 209 Å². The van der Waals surface area contributed by atoms with Crippen molar-refractivity contribution in [3.63, 3.8) is 0 Å². The molecule has 0 bridgehead atoms. The van der Waals surface area contributed by atoms with Gasteiger partial charge >= 0.3 is 0 Å². The molecule has 4 aromatic heterocycles. The van der Waals surface area contributed by atoms with Crippen LogP contribution in [-0.4, -0.2) is 71.9 Å². The van der Waals surface area contributed by atoms with Crippen LogP contribution in [0.15, 0.2) is 30.9 Å². The van der Waals surface area contributed by atoms with E-state index in [1.807, 2.05) is 36.4 Å². The Morgan fingerprint density at radius 2 is 1.94 bits per heavy atom. The molecule has 0 unspecified atom stereocenters. The van der Waals surface area contributed by atoms with Crippen molar-refractivity contribution >= 4 is 34.4 Å². The summed E-state index contributed by atoms with van der Waals surface area (Å²) in [6.07, 6.45) is 12.5. The third-order valence-corrected chi connectivity index (χ3v) is 6.45. The normalized spacial score (nSPS) is 13.9. The molecule has 1 saturated heterocycles. The van der Waals surface area contributed by atoms with Gasteiger partial charge in [-0.05, 0) is 57.4 Å². The first-order chi connectivity index (χ1) is 17.0. The van der Waals surface area contributed by atoms with Crippen LogP contribution in [0.5, 0.6) is 0 Å². The van der Waals surface area contributed by atoms with E-state index in [0.29, 0.717) is 0 Å². The molecule has 10 nitrogen and oxygen atoms in total. The van der Waals surface area contributed by atoms with Crippen molar-refractivity contribution in [2.24, 2.45) is 0 Å². The number of anilines is 2. The minimum atomic E-state index is 0.748. The van der Waals surface area contributed by atoms with Gasteiger partial charge in [0.1, 0.15) is 5.00 Å². The number of rotatable bonds is 7. The molecule has 11 heteroatoms. The first kappa shape index (κ1) is 24.8. The Morgan fingerprint density at radius 3 is 2.63 bits per heavy atom. The number of fused-ring (bicyclic) bond motifs is 1. The van der Waals surface area contributed by atoms with Gasteiger partial charge < -0.3 is 10.2 Å². The fraction of sp³-hybridized carbons (Fsp3) is 0.458. The second-order valence-electron chi connectivity index (χ2n) is 8.87. The maximum Gasteiger partial charge on any atom is 0.209 e. The molecular formula is C24H33N9OS. The lowest BCUT2D eigenvalue weighted by molar-refractivity contribution is -0.115. The van der Waals surface area contributed by atoms with Gasteiger partial charge in [-0.15, -0.1) is 0 Å². The number of amides is 1. The molecule has 1 amide bonds. The maximum atomic E-state index is 9.43. The van der Waals surface area contributed by atoms with Crippen molar-refractivity contribution < 1.29 is 4.79 Å². The summed E-state index contributed by atoms with van der Waals surface area (Å²) < 4.78 is 8.65. The van der Waals surface area contributed by atoms with Crippen molar-refractivity contribution in [3.05, 3.63) is 42.2 Å². The number of carbonyl (C=O) groups excluding carboxylic acids is 1. The van der Waals surface area contributed by atoms with Gasteiger partial charge in [-0.1, -0.05) is 6.42 Å². The highest BCUT2D eigenvalue weighted by Crippen LogP contribution is 2.28. The smallest absolute Gasteiger partial charge is 0.209 e. The summed E-state index contributed by atoms with van der Waals surface area (Å²) in [5.74, 6) is 0.748. The first-order valence-electron chi connectivity index (χ1n) is 11.9. The van der Waals surface area contributed by atoms with E-state index in [9.17, 15) is 4.79 Å². The summed E-state index contributed by atoms with van der Waals surface area (Å²) in [6.45, 7) is 8.19. The highest BCUT2D eigenvalue weighted by molar-refractivity contribution is 7.10. The number of aryl methyl sites for hydroxylation is 2. The van der Waals surface area contributed by atoms with Crippen LogP contribution in [0.2, 0.25) is 0 Å². The van der Waals surface area contributed by atoms with Crippen LogP contribution < -0.4 is 5.32 Å². The van der Waals surface area contributed by atoms with E-state index >= 15 is 0 Å². The highest BCUT2D eigenvalue weighted by Gasteiger charge is 2.16. The van der Waals surface area contributed by atoms with Gasteiger partial charge in [0.15, 0.2) is 11.5 Å². The molecule has 0 aromatic carbocycles. The predicted molar refractivity (Wildman–Crippen MR) is 139 cm³/mol. The number of imidazole rings is 1. The largest absolute Gasteiger partial charge is 0.351 e. The molecule has 0 saturated carbocycles. The molecule has 0 spiro atoms. The Hall–Kier alpha value is -3.31. The van der Waals surface area contributed by atoms with Crippen LogP contribution in [0.4, 0.5) is 10.8 Å². The minimum Gasteiger partial charge on any atom is -0.351 e. The van der Waals surface area contributed by atoms with Crippen LogP contribution in [0.25, 0.3) is 16.9 Å². The molecule has 35 heavy (non-hydrogen) atoms. The number of hydrogen-bond acceptors (Lipinski definition) is 8. The lowest BCUT2D eigenvalue weighted by atomic mass is 10.1. The molecule has 1 aliphatic heterocycles. The van der Waals surface area contributed by atoms with Crippen LogP contribution in [0, 0.1) is 6.92 Å². The summed E-state index contributed by atoms with van der Waals surface area (Å²) in [5.41, 5.74) is 4.89. The average molecular weight is 496 g/mol. The molecule has 0 radical (unpaired) electrons. The lowest BCUT2D eigenvalue weighted by Gasteiger charge is -2.25. The SMILES string of the molecule is CCn1cc(-c2cnc3c(Nc4cc(CN5CCCCC5)ns4)nc(C)cn23)cn1.CN(C)C=O. The molecule has 0 atom stereocenters. The zero-order valence-electron chi connectivity index (χ0n) is 20.8. The standard InChI is InChI=1S/C21H26N8S.C3H7NO/c1-3-28-13-16(10-23-28)18-11-22-21-20(24-15(2)12-29(18)21)25-19-9-17(26-30-19)14-27-7-5-4-6-8-27;1-4(2)3-5/h9-13H,3-8,14H2,1-2H3,(H,24,25);3H,1-2H3. The van der Waals surface area contributed by atoms with E-state index in [-0.39, 0.29) is 0 Å². The molecule has 5 rings (SSSR count). The van der Waals surface area contributed by atoms with Crippen molar-refractivity contribution in [3.8, 4) is 11.3 Å². The van der Waals surface area contributed by atoms with E-state index < -0.39 is 0 Å². The third kappa shape index (κ3) is 6.23. The number of carbonyl (C=O) groups is 1. The lowest BCUT2D eigenvalue weighted by Crippen LogP contribution is -2.29. The summed E-state index contributed by atoms with van der Waals surface area (Å²) in [5, 5.41) is 8.83. The summed E-state index contributed by atoms with van der Waals surface area (Å²) in [7, 11) is 3.38. The predicted octanol–water partition coefficient (Wildman–Crippen LogP) is 3.81. The Kier molecular flexibility index (Phi) is 8.09. The van der Waals surface area contributed by atoms with E-state index in [4.69, 9.17) is 4.98 Å². The van der Waals surface area contributed by atoms with Gasteiger partial charge in [0.05, 0.1) is 29.5 Å². The van der Waals surface area contributed by atoms with Gasteiger partial charge in [0.25, 0.3) is 0 Å². The zero-order valence-corrected chi connectivity index (χ0v) is 21.6. The van der Waals surface area contributed by atoms with E-state index in [1.54, 1.807) is 14.1 Å². The van der Waals surface area contributed by atoms with Gasteiger partial charge in [-0.2, -0.15) is 9.47 Å². The maximum absolute atomic E-state index is 9.43. The molecule has 186 valence electrons. The molecule has 4 aromatic rings. The number of likely N-dealkylation sites (tertiary alicyclic amines) is 1.